The highest BCUT2D eigenvalue weighted by Crippen LogP contribution is 2.17. The van der Waals surface area contributed by atoms with Crippen LogP contribution in [-0.4, -0.2) is 29.7 Å². The summed E-state index contributed by atoms with van der Waals surface area (Å²) in [5.41, 5.74) is 3.29. The number of ether oxygens (including phenoxy) is 1. The summed E-state index contributed by atoms with van der Waals surface area (Å²) in [5, 5.41) is 15.4. The number of carbonyl (C=O) groups excluding carboxylic acids is 2. The fourth-order valence-electron chi connectivity index (χ4n) is 3.11. The molecule has 0 aliphatic carbocycles. The van der Waals surface area contributed by atoms with Crippen molar-refractivity contribution in [1.82, 2.24) is 0 Å². The Kier molecular flexibility index (Phi) is 6.25. The maximum Gasteiger partial charge on any atom is 0.492 e. The van der Waals surface area contributed by atoms with Gasteiger partial charge in [0.05, 0.1) is 6.61 Å². The Labute approximate surface area is 170 Å². The van der Waals surface area contributed by atoms with Gasteiger partial charge < -0.3 is 19.7 Å². The van der Waals surface area contributed by atoms with Gasteiger partial charge in [0.1, 0.15) is 5.60 Å². The zero-order valence-corrected chi connectivity index (χ0v) is 16.8. The summed E-state index contributed by atoms with van der Waals surface area (Å²) < 4.78 is 10.5. The molecule has 1 aliphatic heterocycles. The number of nitrogens with one attached hydrogen (secondary N) is 2. The van der Waals surface area contributed by atoms with Gasteiger partial charge in [-0.15, -0.1) is 0 Å². The van der Waals surface area contributed by atoms with Gasteiger partial charge in [-0.05, 0) is 68.0 Å². The topological polar surface area (TPSA) is 96.9 Å². The molecule has 8 heteroatoms. The van der Waals surface area contributed by atoms with Crippen molar-refractivity contribution in [2.75, 3.05) is 10.6 Å². The number of benzene rings is 2. The van der Waals surface area contributed by atoms with Crippen LogP contribution in [0.15, 0.2) is 42.5 Å². The van der Waals surface area contributed by atoms with E-state index in [1.165, 1.54) is 0 Å². The van der Waals surface area contributed by atoms with Crippen LogP contribution in [0.1, 0.15) is 38.3 Å². The highest BCUT2D eigenvalue weighted by Gasteiger charge is 2.29. The molecule has 7 nitrogen and oxygen atoms in total. The van der Waals surface area contributed by atoms with Crippen LogP contribution in [0.5, 0.6) is 0 Å². The predicted octanol–water partition coefficient (Wildman–Crippen LogP) is 2.82. The van der Waals surface area contributed by atoms with E-state index < -0.39 is 18.8 Å². The van der Waals surface area contributed by atoms with E-state index in [1.807, 2.05) is 18.2 Å². The standard InChI is InChI=1S/C21H25BN2O5/c1-21(2,3)29-20(26)24-17-10-8-16(9-11-17)23-18(25)12-7-14-5-4-6-15-13-28-22(27)19(14)15/h4-6,8-11,27H,7,12-13H2,1-3H3,(H,23,25)(H,24,26). The highest BCUT2D eigenvalue weighted by atomic mass is 16.6. The number of hydrogen-bond acceptors (Lipinski definition) is 5. The first-order valence-corrected chi connectivity index (χ1v) is 9.51. The van der Waals surface area contributed by atoms with E-state index in [0.29, 0.717) is 24.4 Å². The Morgan fingerprint density at radius 3 is 2.41 bits per heavy atom. The highest BCUT2D eigenvalue weighted by molar-refractivity contribution is 6.62. The van der Waals surface area contributed by atoms with Crippen LogP contribution in [0.4, 0.5) is 16.2 Å². The number of rotatable bonds is 5. The maximum absolute atomic E-state index is 12.3. The molecule has 0 fully saturated rings. The minimum atomic E-state index is -0.922. The molecule has 0 aromatic heterocycles. The summed E-state index contributed by atoms with van der Waals surface area (Å²) in [5.74, 6) is -0.135. The lowest BCUT2D eigenvalue weighted by Gasteiger charge is -2.19. The maximum atomic E-state index is 12.3. The number of amides is 2. The van der Waals surface area contributed by atoms with Crippen LogP contribution in [0.3, 0.4) is 0 Å². The van der Waals surface area contributed by atoms with Crippen LogP contribution in [0.2, 0.25) is 0 Å². The summed E-state index contributed by atoms with van der Waals surface area (Å²) in [4.78, 5) is 24.1. The second-order valence-electron chi connectivity index (χ2n) is 7.91. The van der Waals surface area contributed by atoms with Crippen molar-refractivity contribution in [2.24, 2.45) is 0 Å². The smallest absolute Gasteiger partial charge is 0.444 e. The number of hydrogen-bond donors (Lipinski definition) is 3. The van der Waals surface area contributed by atoms with Crippen molar-refractivity contribution in [1.29, 1.82) is 0 Å². The minimum absolute atomic E-state index is 0.135. The molecule has 0 bridgehead atoms. The van der Waals surface area contributed by atoms with Gasteiger partial charge in [-0.1, -0.05) is 18.2 Å². The van der Waals surface area contributed by atoms with Gasteiger partial charge in [0, 0.05) is 17.8 Å². The first-order chi connectivity index (χ1) is 13.7. The molecule has 152 valence electrons. The fourth-order valence-corrected chi connectivity index (χ4v) is 3.11. The van der Waals surface area contributed by atoms with Crippen LogP contribution >= 0.6 is 0 Å². The normalized spacial score (nSPS) is 13.0. The van der Waals surface area contributed by atoms with E-state index in [1.54, 1.807) is 45.0 Å². The van der Waals surface area contributed by atoms with Gasteiger partial charge >= 0.3 is 13.2 Å². The quantitative estimate of drug-likeness (QED) is 0.676. The van der Waals surface area contributed by atoms with Crippen molar-refractivity contribution >= 4 is 36.0 Å². The van der Waals surface area contributed by atoms with Crippen LogP contribution in [0, 0.1) is 0 Å². The third-order valence-corrected chi connectivity index (χ3v) is 4.37. The average molecular weight is 396 g/mol. The molecular weight excluding hydrogens is 371 g/mol. The minimum Gasteiger partial charge on any atom is -0.444 e. The molecule has 3 rings (SSSR count). The molecule has 0 unspecified atom stereocenters. The first kappa shape index (κ1) is 20.9. The van der Waals surface area contributed by atoms with Gasteiger partial charge in [-0.25, -0.2) is 4.79 Å². The Morgan fingerprint density at radius 1 is 1.10 bits per heavy atom. The predicted molar refractivity (Wildman–Crippen MR) is 112 cm³/mol. The van der Waals surface area contributed by atoms with Crippen molar-refractivity contribution in [3.8, 4) is 0 Å². The molecule has 0 saturated heterocycles. The van der Waals surface area contributed by atoms with Crippen molar-refractivity contribution in [3.63, 3.8) is 0 Å². The molecule has 0 spiro atoms. The Morgan fingerprint density at radius 2 is 1.76 bits per heavy atom. The molecule has 1 heterocycles. The molecule has 2 aromatic rings. The second-order valence-corrected chi connectivity index (χ2v) is 7.91. The SMILES string of the molecule is CC(C)(C)OC(=O)Nc1ccc(NC(=O)CCc2cccc3c2B(O)OC3)cc1. The summed E-state index contributed by atoms with van der Waals surface area (Å²) >= 11 is 0. The zero-order valence-electron chi connectivity index (χ0n) is 16.8. The molecule has 0 radical (unpaired) electrons. The van der Waals surface area contributed by atoms with Crippen LogP contribution in [-0.2, 0) is 27.2 Å². The zero-order chi connectivity index (χ0) is 21.0. The van der Waals surface area contributed by atoms with Gasteiger partial charge in [-0.3, -0.25) is 10.1 Å². The number of aryl methyl sites for hydroxylation is 1. The average Bonchev–Trinajstić information content (AvgIpc) is 3.02. The monoisotopic (exact) mass is 396 g/mol. The van der Waals surface area contributed by atoms with Gasteiger partial charge in [0.2, 0.25) is 5.91 Å². The summed E-state index contributed by atoms with van der Waals surface area (Å²) in [7, 11) is -0.922. The third-order valence-electron chi connectivity index (χ3n) is 4.37. The molecule has 0 saturated carbocycles. The molecular formula is C21H25BN2O5. The number of carbonyl (C=O) groups is 2. The third kappa shape index (κ3) is 5.82. The lowest BCUT2D eigenvalue weighted by Crippen LogP contribution is -2.31. The van der Waals surface area contributed by atoms with E-state index in [-0.39, 0.29) is 12.3 Å². The number of fused-ring (bicyclic) bond motifs is 1. The lowest BCUT2D eigenvalue weighted by molar-refractivity contribution is -0.116. The molecule has 3 N–H and O–H groups in total. The molecule has 0 atom stereocenters. The van der Waals surface area contributed by atoms with Gasteiger partial charge in [0.25, 0.3) is 0 Å². The molecule has 1 aliphatic rings. The van der Waals surface area contributed by atoms with E-state index in [0.717, 1.165) is 16.6 Å². The van der Waals surface area contributed by atoms with E-state index in [2.05, 4.69) is 10.6 Å². The Bertz CT molecular complexity index is 893. The summed E-state index contributed by atoms with van der Waals surface area (Å²) in [6.07, 6.45) is 0.255. The van der Waals surface area contributed by atoms with Crippen molar-refractivity contribution < 1.29 is 24.0 Å². The molecule has 2 amide bonds. The Balaban J connectivity index is 1.51. The summed E-state index contributed by atoms with van der Waals surface area (Å²) in [6, 6.07) is 12.5. The van der Waals surface area contributed by atoms with Gasteiger partial charge in [-0.2, -0.15) is 0 Å². The van der Waals surface area contributed by atoms with Crippen LogP contribution < -0.4 is 16.1 Å². The number of anilines is 2. The van der Waals surface area contributed by atoms with E-state index in [4.69, 9.17) is 9.39 Å². The second kappa shape index (κ2) is 8.67. The van der Waals surface area contributed by atoms with E-state index in [9.17, 15) is 14.6 Å². The molecule has 2 aromatic carbocycles. The van der Waals surface area contributed by atoms with Crippen LogP contribution in [0.25, 0.3) is 0 Å². The van der Waals surface area contributed by atoms with Gasteiger partial charge in [0.15, 0.2) is 0 Å². The Hall–Kier alpha value is -2.84. The first-order valence-electron chi connectivity index (χ1n) is 9.51. The largest absolute Gasteiger partial charge is 0.492 e. The lowest BCUT2D eigenvalue weighted by atomic mass is 9.75. The van der Waals surface area contributed by atoms with E-state index >= 15 is 0 Å². The van der Waals surface area contributed by atoms with Crippen molar-refractivity contribution in [3.05, 3.63) is 53.6 Å². The fraction of sp³-hybridized carbons (Fsp3) is 0.333. The summed E-state index contributed by atoms with van der Waals surface area (Å²) in [6.45, 7) is 5.77. The molecule has 29 heavy (non-hydrogen) atoms. The van der Waals surface area contributed by atoms with Crippen molar-refractivity contribution in [2.45, 2.75) is 45.8 Å².